The van der Waals surface area contributed by atoms with E-state index >= 15 is 0 Å². The average molecular weight is 416 g/mol. The number of hydrogen-bond donors (Lipinski definition) is 0. The molecule has 9 nitrogen and oxygen atoms in total. The minimum atomic E-state index is 0.00122. The van der Waals surface area contributed by atoms with Crippen molar-refractivity contribution in [2.24, 2.45) is 0 Å². The summed E-state index contributed by atoms with van der Waals surface area (Å²) in [5.41, 5.74) is 2.34. The molecule has 2 aromatic carbocycles. The predicted octanol–water partition coefficient (Wildman–Crippen LogP) is 2.38. The van der Waals surface area contributed by atoms with E-state index in [1.807, 2.05) is 47.0 Å². The molecule has 5 rings (SSSR count). The molecular weight excluding hydrogens is 396 g/mol. The van der Waals surface area contributed by atoms with Crippen LogP contribution in [0.3, 0.4) is 0 Å². The first-order valence-electron chi connectivity index (χ1n) is 10.0. The first-order chi connectivity index (χ1) is 15.3. The first kappa shape index (κ1) is 19.1. The van der Waals surface area contributed by atoms with Crippen LogP contribution in [0.25, 0.3) is 17.1 Å². The lowest BCUT2D eigenvalue weighted by Crippen LogP contribution is -2.40. The molecule has 0 bridgehead atoms. The van der Waals surface area contributed by atoms with Gasteiger partial charge in [-0.3, -0.25) is 9.36 Å². The zero-order chi connectivity index (χ0) is 21.0. The highest BCUT2D eigenvalue weighted by molar-refractivity contribution is 5.94. The molecule has 9 heteroatoms. The Bertz CT molecular complexity index is 1160. The fourth-order valence-corrected chi connectivity index (χ4v) is 3.47. The maximum absolute atomic E-state index is 12.6. The van der Waals surface area contributed by atoms with E-state index in [1.54, 1.807) is 23.4 Å². The van der Waals surface area contributed by atoms with Crippen LogP contribution in [0.5, 0.6) is 0 Å². The Morgan fingerprint density at radius 1 is 1.00 bits per heavy atom. The van der Waals surface area contributed by atoms with Crippen LogP contribution in [0.1, 0.15) is 22.0 Å². The van der Waals surface area contributed by atoms with E-state index in [2.05, 4.69) is 20.3 Å². The van der Waals surface area contributed by atoms with Crippen molar-refractivity contribution in [1.29, 1.82) is 0 Å². The van der Waals surface area contributed by atoms with Crippen LogP contribution in [0.2, 0.25) is 0 Å². The number of nitrogens with zero attached hydrogens (tertiary/aromatic N) is 6. The number of rotatable bonds is 5. The minimum Gasteiger partial charge on any atom is -0.378 e. The van der Waals surface area contributed by atoms with Gasteiger partial charge in [0.2, 0.25) is 0 Å². The lowest BCUT2D eigenvalue weighted by atomic mass is 10.1. The third kappa shape index (κ3) is 4.08. The second-order valence-electron chi connectivity index (χ2n) is 7.13. The van der Waals surface area contributed by atoms with Crippen LogP contribution in [0.4, 0.5) is 0 Å². The molecule has 1 saturated heterocycles. The Morgan fingerprint density at radius 2 is 1.77 bits per heavy atom. The van der Waals surface area contributed by atoms with Crippen molar-refractivity contribution in [1.82, 2.24) is 29.8 Å². The third-order valence-electron chi connectivity index (χ3n) is 5.11. The van der Waals surface area contributed by atoms with E-state index in [9.17, 15) is 4.79 Å². The molecule has 0 atom stereocenters. The summed E-state index contributed by atoms with van der Waals surface area (Å²) in [5.74, 6) is 1.62. The van der Waals surface area contributed by atoms with Gasteiger partial charge < -0.3 is 14.2 Å². The Balaban J connectivity index is 1.30. The number of ether oxygens (including phenoxy) is 1. The largest absolute Gasteiger partial charge is 0.378 e. The first-order valence-corrected chi connectivity index (χ1v) is 10.0. The van der Waals surface area contributed by atoms with Crippen LogP contribution in [-0.4, -0.2) is 62.0 Å². The Kier molecular flexibility index (Phi) is 5.24. The lowest BCUT2D eigenvalue weighted by molar-refractivity contribution is 0.0303. The van der Waals surface area contributed by atoms with Gasteiger partial charge in [-0.1, -0.05) is 23.4 Å². The van der Waals surface area contributed by atoms with Gasteiger partial charge in [0.15, 0.2) is 5.82 Å². The van der Waals surface area contributed by atoms with Crippen LogP contribution >= 0.6 is 0 Å². The van der Waals surface area contributed by atoms with Crippen molar-refractivity contribution < 1.29 is 14.1 Å². The molecular formula is C22H20N6O3. The molecule has 0 N–H and O–H groups in total. The molecule has 0 radical (unpaired) electrons. The number of hydrogen-bond acceptors (Lipinski definition) is 7. The molecule has 1 fully saturated rings. The minimum absolute atomic E-state index is 0.00122. The molecule has 31 heavy (non-hydrogen) atoms. The normalized spacial score (nSPS) is 14.0. The molecule has 1 aliphatic rings. The number of amides is 1. The highest BCUT2D eigenvalue weighted by Gasteiger charge is 2.19. The maximum Gasteiger partial charge on any atom is 0.257 e. The van der Waals surface area contributed by atoms with Crippen molar-refractivity contribution in [3.63, 3.8) is 0 Å². The van der Waals surface area contributed by atoms with E-state index in [0.717, 1.165) is 11.3 Å². The molecule has 3 heterocycles. The van der Waals surface area contributed by atoms with E-state index in [1.165, 1.54) is 0 Å². The summed E-state index contributed by atoms with van der Waals surface area (Å²) in [5, 5.41) is 12.3. The summed E-state index contributed by atoms with van der Waals surface area (Å²) < 4.78 is 12.6. The SMILES string of the molecule is O=C(c1ccc(-c2nc(Cc3nncn3-c3ccccc3)no2)cc1)N1CCOCC1. The van der Waals surface area contributed by atoms with Gasteiger partial charge in [-0.05, 0) is 36.4 Å². The third-order valence-corrected chi connectivity index (χ3v) is 5.11. The average Bonchev–Trinajstić information content (AvgIpc) is 3.50. The number of para-hydroxylation sites is 1. The monoisotopic (exact) mass is 416 g/mol. The maximum atomic E-state index is 12.6. The predicted molar refractivity (Wildman–Crippen MR) is 111 cm³/mol. The smallest absolute Gasteiger partial charge is 0.257 e. The van der Waals surface area contributed by atoms with Crippen molar-refractivity contribution in [2.75, 3.05) is 26.3 Å². The van der Waals surface area contributed by atoms with E-state index < -0.39 is 0 Å². The van der Waals surface area contributed by atoms with Crippen molar-refractivity contribution >= 4 is 5.91 Å². The Hall–Kier alpha value is -3.85. The van der Waals surface area contributed by atoms with Gasteiger partial charge in [0.1, 0.15) is 12.2 Å². The Labute approximate surface area is 178 Å². The molecule has 0 aliphatic carbocycles. The highest BCUT2D eigenvalue weighted by atomic mass is 16.5. The molecule has 1 aliphatic heterocycles. The second kappa shape index (κ2) is 8.49. The molecule has 0 unspecified atom stereocenters. The Morgan fingerprint density at radius 3 is 2.55 bits per heavy atom. The van der Waals surface area contributed by atoms with Gasteiger partial charge in [-0.15, -0.1) is 10.2 Å². The summed E-state index contributed by atoms with van der Waals surface area (Å²) in [6, 6.07) is 17.0. The lowest BCUT2D eigenvalue weighted by Gasteiger charge is -2.26. The fraction of sp³-hybridized carbons (Fsp3) is 0.227. The fourth-order valence-electron chi connectivity index (χ4n) is 3.47. The quantitative estimate of drug-likeness (QED) is 0.492. The van der Waals surface area contributed by atoms with Crippen LogP contribution in [-0.2, 0) is 11.2 Å². The molecule has 0 spiro atoms. The summed E-state index contributed by atoms with van der Waals surface area (Å²) >= 11 is 0. The summed E-state index contributed by atoms with van der Waals surface area (Å²) in [6.45, 7) is 2.38. The summed E-state index contributed by atoms with van der Waals surface area (Å²) in [7, 11) is 0. The van der Waals surface area contributed by atoms with Gasteiger partial charge >= 0.3 is 0 Å². The summed E-state index contributed by atoms with van der Waals surface area (Å²) in [6.07, 6.45) is 2.04. The van der Waals surface area contributed by atoms with Gasteiger partial charge in [-0.2, -0.15) is 4.98 Å². The standard InChI is InChI=1S/C22H20N6O3/c29-22(27-10-12-30-13-11-27)17-8-6-16(7-9-17)21-24-19(26-31-21)14-20-25-23-15-28(20)18-4-2-1-3-5-18/h1-9,15H,10-14H2. The number of carbonyl (C=O) groups is 1. The zero-order valence-corrected chi connectivity index (χ0v) is 16.7. The topological polar surface area (TPSA) is 99.2 Å². The van der Waals surface area contributed by atoms with E-state index in [4.69, 9.17) is 9.26 Å². The van der Waals surface area contributed by atoms with Gasteiger partial charge in [0, 0.05) is 29.9 Å². The van der Waals surface area contributed by atoms with Crippen LogP contribution in [0, 0.1) is 0 Å². The van der Waals surface area contributed by atoms with Gasteiger partial charge in [-0.25, -0.2) is 0 Å². The molecule has 4 aromatic rings. The zero-order valence-electron chi connectivity index (χ0n) is 16.7. The number of morpholine rings is 1. The van der Waals surface area contributed by atoms with E-state index in [-0.39, 0.29) is 5.91 Å². The van der Waals surface area contributed by atoms with Crippen molar-refractivity contribution in [2.45, 2.75) is 6.42 Å². The second-order valence-corrected chi connectivity index (χ2v) is 7.13. The molecule has 156 valence electrons. The molecule has 0 saturated carbocycles. The van der Waals surface area contributed by atoms with Crippen molar-refractivity contribution in [3.05, 3.63) is 78.1 Å². The number of benzene rings is 2. The summed E-state index contributed by atoms with van der Waals surface area (Å²) in [4.78, 5) is 18.9. The van der Waals surface area contributed by atoms with Gasteiger partial charge in [0.25, 0.3) is 11.8 Å². The van der Waals surface area contributed by atoms with E-state index in [0.29, 0.717) is 55.8 Å². The molecule has 1 amide bonds. The molecule has 2 aromatic heterocycles. The number of aromatic nitrogens is 5. The van der Waals surface area contributed by atoms with Gasteiger partial charge in [0.05, 0.1) is 19.6 Å². The van der Waals surface area contributed by atoms with Crippen LogP contribution < -0.4 is 0 Å². The van der Waals surface area contributed by atoms with Crippen molar-refractivity contribution in [3.8, 4) is 17.1 Å². The van der Waals surface area contributed by atoms with Crippen LogP contribution in [0.15, 0.2) is 65.4 Å². The highest BCUT2D eigenvalue weighted by Crippen LogP contribution is 2.20. The number of carbonyl (C=O) groups excluding carboxylic acids is 1.